The fourth-order valence-corrected chi connectivity index (χ4v) is 4.47. The molecule has 0 spiro atoms. The summed E-state index contributed by atoms with van der Waals surface area (Å²) in [6, 6.07) is 20.6. The number of carbonyl (C=O) groups excluding carboxylic acids is 3. The van der Waals surface area contributed by atoms with Crippen molar-refractivity contribution in [2.75, 3.05) is 16.8 Å². The van der Waals surface area contributed by atoms with Crippen LogP contribution in [0.3, 0.4) is 0 Å². The highest BCUT2D eigenvalue weighted by Crippen LogP contribution is 2.32. The van der Waals surface area contributed by atoms with Crippen molar-refractivity contribution in [2.24, 2.45) is 0 Å². The van der Waals surface area contributed by atoms with E-state index in [1.807, 2.05) is 36.6 Å². The molecular weight excluding hydrogens is 450 g/mol. The molecule has 168 valence electrons. The first-order valence-electron chi connectivity index (χ1n) is 10.6. The van der Waals surface area contributed by atoms with Crippen LogP contribution in [0.5, 0.6) is 5.75 Å². The van der Waals surface area contributed by atoms with Crippen LogP contribution < -0.4 is 15.0 Å². The van der Waals surface area contributed by atoms with Gasteiger partial charge in [-0.25, -0.2) is 9.88 Å². The van der Waals surface area contributed by atoms with Crippen molar-refractivity contribution in [3.63, 3.8) is 0 Å². The molecule has 0 radical (unpaired) electrons. The Morgan fingerprint density at radius 3 is 2.18 bits per heavy atom. The monoisotopic (exact) mass is 469 g/mol. The maximum absolute atomic E-state index is 12.8. The number of nitrogens with one attached hydrogen (secondary N) is 1. The summed E-state index contributed by atoms with van der Waals surface area (Å²) in [5, 5.41) is 5.12. The van der Waals surface area contributed by atoms with Crippen molar-refractivity contribution in [2.45, 2.75) is 6.92 Å². The number of fused-ring (bicyclic) bond motifs is 1. The minimum absolute atomic E-state index is 0.340. The number of hydrogen-bond acceptors (Lipinski definition) is 6. The average molecular weight is 470 g/mol. The number of amides is 3. The Balaban J connectivity index is 1.31. The largest absolute Gasteiger partial charge is 0.493 e. The van der Waals surface area contributed by atoms with Crippen LogP contribution in [0.1, 0.15) is 38.0 Å². The Morgan fingerprint density at radius 1 is 0.912 bits per heavy atom. The number of rotatable bonds is 6. The second-order valence-corrected chi connectivity index (χ2v) is 8.32. The number of anilines is 2. The molecule has 1 aliphatic rings. The van der Waals surface area contributed by atoms with Gasteiger partial charge in [-0.15, -0.1) is 11.3 Å². The molecule has 0 unspecified atom stereocenters. The van der Waals surface area contributed by atoms with E-state index >= 15 is 0 Å². The van der Waals surface area contributed by atoms with E-state index in [0.717, 1.165) is 16.2 Å². The fraction of sp³-hybridized carbons (Fsp3) is 0.0769. The first kappa shape index (κ1) is 21.5. The van der Waals surface area contributed by atoms with E-state index in [0.29, 0.717) is 39.8 Å². The predicted octanol–water partition coefficient (Wildman–Crippen LogP) is 5.26. The van der Waals surface area contributed by atoms with E-state index in [-0.39, 0.29) is 17.7 Å². The van der Waals surface area contributed by atoms with Crippen LogP contribution in [0.25, 0.3) is 11.3 Å². The lowest BCUT2D eigenvalue weighted by atomic mass is 10.1. The highest BCUT2D eigenvalue weighted by molar-refractivity contribution is 7.14. The second-order valence-electron chi connectivity index (χ2n) is 7.46. The van der Waals surface area contributed by atoms with Gasteiger partial charge >= 0.3 is 0 Å². The van der Waals surface area contributed by atoms with Crippen LogP contribution in [-0.4, -0.2) is 29.3 Å². The number of nitrogens with zero attached hydrogens (tertiary/aromatic N) is 2. The standard InChI is InChI=1S/C26H19N3O4S/c1-2-33-22-10-6-5-9-20(22)21-15-34-26(27-21)28-23(30)16-11-13-17(14-12-16)29-24(31)18-7-3-4-8-19(18)25(29)32/h3-15H,2H2,1H3,(H,27,28,30). The molecule has 0 saturated heterocycles. The van der Waals surface area contributed by atoms with E-state index in [4.69, 9.17) is 4.74 Å². The van der Waals surface area contributed by atoms with E-state index in [9.17, 15) is 14.4 Å². The molecule has 34 heavy (non-hydrogen) atoms. The van der Waals surface area contributed by atoms with Gasteiger partial charge in [0.15, 0.2) is 5.13 Å². The van der Waals surface area contributed by atoms with E-state index in [1.54, 1.807) is 48.5 Å². The number of imide groups is 1. The summed E-state index contributed by atoms with van der Waals surface area (Å²) in [7, 11) is 0. The lowest BCUT2D eigenvalue weighted by molar-refractivity contribution is 0.0925. The van der Waals surface area contributed by atoms with Crippen molar-refractivity contribution in [1.29, 1.82) is 0 Å². The molecule has 2 heterocycles. The summed E-state index contributed by atoms with van der Waals surface area (Å²) in [6.07, 6.45) is 0. The molecule has 5 rings (SSSR count). The number of ether oxygens (including phenoxy) is 1. The Labute approximate surface area is 199 Å². The maximum atomic E-state index is 12.8. The van der Waals surface area contributed by atoms with Gasteiger partial charge in [-0.2, -0.15) is 0 Å². The minimum atomic E-state index is -0.375. The molecule has 3 aromatic carbocycles. The number of hydrogen-bond donors (Lipinski definition) is 1. The quantitative estimate of drug-likeness (QED) is 0.389. The highest BCUT2D eigenvalue weighted by Gasteiger charge is 2.36. The molecule has 3 amide bonds. The zero-order valence-electron chi connectivity index (χ0n) is 18.1. The van der Waals surface area contributed by atoms with Crippen LogP contribution in [-0.2, 0) is 0 Å². The molecule has 0 saturated carbocycles. The lowest BCUT2D eigenvalue weighted by Crippen LogP contribution is -2.29. The Morgan fingerprint density at radius 2 is 1.53 bits per heavy atom. The second kappa shape index (κ2) is 8.92. The van der Waals surface area contributed by atoms with Gasteiger partial charge in [0.25, 0.3) is 17.7 Å². The third-order valence-corrected chi connectivity index (χ3v) is 6.13. The van der Waals surface area contributed by atoms with Gasteiger partial charge in [0.2, 0.25) is 0 Å². The summed E-state index contributed by atoms with van der Waals surface area (Å²) in [4.78, 5) is 43.7. The van der Waals surface area contributed by atoms with Crippen LogP contribution in [0.4, 0.5) is 10.8 Å². The summed E-state index contributed by atoms with van der Waals surface area (Å²) in [5.74, 6) is -0.356. The van der Waals surface area contributed by atoms with Crippen molar-refractivity contribution >= 4 is 39.9 Å². The predicted molar refractivity (Wildman–Crippen MR) is 131 cm³/mol. The Hall–Kier alpha value is -4.30. The van der Waals surface area contributed by atoms with Gasteiger partial charge in [-0.05, 0) is 55.5 Å². The molecule has 1 N–H and O–H groups in total. The summed E-state index contributed by atoms with van der Waals surface area (Å²) >= 11 is 1.32. The van der Waals surface area contributed by atoms with Crippen LogP contribution in [0.2, 0.25) is 0 Å². The van der Waals surface area contributed by atoms with E-state index in [1.165, 1.54) is 11.3 Å². The first-order valence-corrected chi connectivity index (χ1v) is 11.5. The van der Waals surface area contributed by atoms with Gasteiger partial charge in [-0.3, -0.25) is 19.7 Å². The molecule has 4 aromatic rings. The van der Waals surface area contributed by atoms with Crippen molar-refractivity contribution < 1.29 is 19.1 Å². The smallest absolute Gasteiger partial charge is 0.266 e. The van der Waals surface area contributed by atoms with Gasteiger partial charge in [-0.1, -0.05) is 24.3 Å². The zero-order valence-corrected chi connectivity index (χ0v) is 19.0. The normalized spacial score (nSPS) is 12.6. The van der Waals surface area contributed by atoms with E-state index in [2.05, 4.69) is 10.3 Å². The number of carbonyl (C=O) groups is 3. The zero-order chi connectivity index (χ0) is 23.7. The van der Waals surface area contributed by atoms with Crippen molar-refractivity contribution in [3.05, 3.63) is 94.9 Å². The molecule has 0 atom stereocenters. The van der Waals surface area contributed by atoms with Crippen LogP contribution in [0.15, 0.2) is 78.2 Å². The molecular formula is C26H19N3O4S. The Bertz CT molecular complexity index is 1380. The third-order valence-electron chi connectivity index (χ3n) is 5.37. The van der Waals surface area contributed by atoms with Crippen molar-refractivity contribution in [1.82, 2.24) is 4.98 Å². The molecule has 1 aliphatic heterocycles. The minimum Gasteiger partial charge on any atom is -0.493 e. The molecule has 7 nitrogen and oxygen atoms in total. The van der Waals surface area contributed by atoms with Gasteiger partial charge < -0.3 is 4.74 Å². The highest BCUT2D eigenvalue weighted by atomic mass is 32.1. The number of thiazole rings is 1. The van der Waals surface area contributed by atoms with Crippen LogP contribution in [0, 0.1) is 0 Å². The molecule has 0 aliphatic carbocycles. The average Bonchev–Trinajstić information content (AvgIpc) is 3.42. The molecule has 8 heteroatoms. The number of benzene rings is 3. The maximum Gasteiger partial charge on any atom is 0.266 e. The third kappa shape index (κ3) is 3.84. The number of aromatic nitrogens is 1. The Kier molecular flexibility index (Phi) is 5.65. The fourth-order valence-electron chi connectivity index (χ4n) is 3.77. The molecule has 1 aromatic heterocycles. The topological polar surface area (TPSA) is 88.6 Å². The first-order chi connectivity index (χ1) is 16.6. The molecule has 0 bridgehead atoms. The summed E-state index contributed by atoms with van der Waals surface area (Å²) < 4.78 is 5.67. The SMILES string of the molecule is CCOc1ccccc1-c1csc(NC(=O)c2ccc(N3C(=O)c4ccccc4C3=O)cc2)n1. The van der Waals surface area contributed by atoms with Gasteiger partial charge in [0.1, 0.15) is 5.75 Å². The number of para-hydroxylation sites is 1. The van der Waals surface area contributed by atoms with Crippen LogP contribution >= 0.6 is 11.3 Å². The summed E-state index contributed by atoms with van der Waals surface area (Å²) in [5.41, 5.74) is 3.11. The van der Waals surface area contributed by atoms with Gasteiger partial charge in [0.05, 0.1) is 29.1 Å². The van der Waals surface area contributed by atoms with Gasteiger partial charge in [0, 0.05) is 16.5 Å². The summed E-state index contributed by atoms with van der Waals surface area (Å²) in [6.45, 7) is 2.46. The molecule has 0 fully saturated rings. The van der Waals surface area contributed by atoms with Crippen molar-refractivity contribution in [3.8, 4) is 17.0 Å². The van der Waals surface area contributed by atoms with E-state index < -0.39 is 0 Å². The lowest BCUT2D eigenvalue weighted by Gasteiger charge is -2.14.